The summed E-state index contributed by atoms with van der Waals surface area (Å²) in [7, 11) is 0. The number of benzene rings is 1. The second-order valence-electron chi connectivity index (χ2n) is 3.68. The van der Waals surface area contributed by atoms with E-state index in [2.05, 4.69) is 15.3 Å². The van der Waals surface area contributed by atoms with Gasteiger partial charge in [-0.3, -0.25) is 10.1 Å². The van der Waals surface area contributed by atoms with Crippen molar-refractivity contribution < 1.29 is 4.79 Å². The van der Waals surface area contributed by atoms with Gasteiger partial charge >= 0.3 is 0 Å². The molecule has 0 saturated heterocycles. The van der Waals surface area contributed by atoms with Gasteiger partial charge in [0.1, 0.15) is 5.69 Å². The van der Waals surface area contributed by atoms with Crippen molar-refractivity contribution >= 4 is 44.9 Å². The fraction of sp³-hybridized carbons (Fsp3) is 0. The van der Waals surface area contributed by atoms with E-state index in [1.54, 1.807) is 23.7 Å². The quantitative estimate of drug-likeness (QED) is 0.753. The third-order valence-corrected chi connectivity index (χ3v) is 3.51. The smallest absolute Gasteiger partial charge is 0.273 e. The highest BCUT2D eigenvalue weighted by Gasteiger charge is 2.11. The largest absolute Gasteiger partial charge is 0.349 e. The van der Waals surface area contributed by atoms with E-state index in [0.29, 0.717) is 15.8 Å². The molecule has 1 amide bonds. The van der Waals surface area contributed by atoms with Gasteiger partial charge in [-0.2, -0.15) is 0 Å². The topological polar surface area (TPSA) is 57.8 Å². The molecule has 2 aromatic heterocycles. The normalized spacial score (nSPS) is 10.7. The van der Waals surface area contributed by atoms with Crippen LogP contribution >= 0.6 is 22.9 Å². The zero-order valence-corrected chi connectivity index (χ0v) is 10.7. The SMILES string of the molecule is O=C(Nc1nccs1)c1cc2cccc(Cl)c2[nH]1. The Balaban J connectivity index is 1.94. The van der Waals surface area contributed by atoms with E-state index in [-0.39, 0.29) is 5.91 Å². The van der Waals surface area contributed by atoms with E-state index in [9.17, 15) is 4.79 Å². The fourth-order valence-electron chi connectivity index (χ4n) is 1.69. The van der Waals surface area contributed by atoms with Crippen molar-refractivity contribution in [2.75, 3.05) is 5.32 Å². The Labute approximate surface area is 112 Å². The van der Waals surface area contributed by atoms with Crippen LogP contribution in [0.1, 0.15) is 10.5 Å². The zero-order chi connectivity index (χ0) is 12.5. The van der Waals surface area contributed by atoms with Gasteiger partial charge < -0.3 is 4.98 Å². The minimum absolute atomic E-state index is 0.225. The Bertz CT molecular complexity index is 705. The van der Waals surface area contributed by atoms with Crippen LogP contribution in [0.15, 0.2) is 35.8 Å². The number of fused-ring (bicyclic) bond motifs is 1. The van der Waals surface area contributed by atoms with Crippen LogP contribution in [0.5, 0.6) is 0 Å². The average Bonchev–Trinajstić information content (AvgIpc) is 2.97. The molecule has 18 heavy (non-hydrogen) atoms. The molecular formula is C12H8ClN3OS. The minimum Gasteiger partial charge on any atom is -0.349 e. The predicted molar refractivity (Wildman–Crippen MR) is 73.4 cm³/mol. The number of rotatable bonds is 2. The lowest BCUT2D eigenvalue weighted by Gasteiger charge is -1.97. The zero-order valence-electron chi connectivity index (χ0n) is 9.11. The predicted octanol–water partition coefficient (Wildman–Crippen LogP) is 3.53. The van der Waals surface area contributed by atoms with Gasteiger partial charge in [-0.25, -0.2) is 4.98 Å². The fourth-order valence-corrected chi connectivity index (χ4v) is 2.44. The van der Waals surface area contributed by atoms with Crippen LogP contribution in [0.2, 0.25) is 5.02 Å². The number of amides is 1. The van der Waals surface area contributed by atoms with Crippen molar-refractivity contribution in [2.45, 2.75) is 0 Å². The van der Waals surface area contributed by atoms with E-state index in [1.807, 2.05) is 12.1 Å². The molecule has 0 bridgehead atoms. The maximum absolute atomic E-state index is 12.0. The maximum Gasteiger partial charge on any atom is 0.273 e. The molecule has 6 heteroatoms. The third kappa shape index (κ3) is 1.98. The van der Waals surface area contributed by atoms with Crippen molar-refractivity contribution in [1.82, 2.24) is 9.97 Å². The molecule has 0 fully saturated rings. The van der Waals surface area contributed by atoms with Gasteiger partial charge in [0.15, 0.2) is 5.13 Å². The van der Waals surface area contributed by atoms with Gasteiger partial charge in [0.2, 0.25) is 0 Å². The molecule has 0 radical (unpaired) electrons. The van der Waals surface area contributed by atoms with Gasteiger partial charge in [-0.15, -0.1) is 11.3 Å². The molecule has 0 atom stereocenters. The highest BCUT2D eigenvalue weighted by atomic mass is 35.5. The first-order valence-corrected chi connectivity index (χ1v) is 6.48. The second-order valence-corrected chi connectivity index (χ2v) is 4.98. The molecule has 90 valence electrons. The highest BCUT2D eigenvalue weighted by molar-refractivity contribution is 7.13. The number of H-pyrrole nitrogens is 1. The molecule has 2 N–H and O–H groups in total. The van der Waals surface area contributed by atoms with Gasteiger partial charge in [0.25, 0.3) is 5.91 Å². The van der Waals surface area contributed by atoms with Crippen LogP contribution in [-0.2, 0) is 0 Å². The number of aromatic amines is 1. The van der Waals surface area contributed by atoms with Crippen LogP contribution in [0, 0.1) is 0 Å². The second kappa shape index (κ2) is 4.44. The Morgan fingerprint density at radius 3 is 3.06 bits per heavy atom. The number of nitrogens with zero attached hydrogens (tertiary/aromatic N) is 1. The summed E-state index contributed by atoms with van der Waals surface area (Å²) in [5, 5.41) is 6.60. The number of carbonyl (C=O) groups excluding carboxylic acids is 1. The van der Waals surface area contributed by atoms with E-state index in [4.69, 9.17) is 11.6 Å². The number of aromatic nitrogens is 2. The lowest BCUT2D eigenvalue weighted by atomic mass is 10.2. The summed E-state index contributed by atoms with van der Waals surface area (Å²) in [6.07, 6.45) is 1.64. The number of nitrogens with one attached hydrogen (secondary N) is 2. The van der Waals surface area contributed by atoms with Gasteiger partial charge in [0.05, 0.1) is 10.5 Å². The van der Waals surface area contributed by atoms with Crippen molar-refractivity contribution in [1.29, 1.82) is 0 Å². The first-order valence-electron chi connectivity index (χ1n) is 5.22. The molecular weight excluding hydrogens is 270 g/mol. The summed E-state index contributed by atoms with van der Waals surface area (Å²) in [6.45, 7) is 0. The maximum atomic E-state index is 12.0. The number of para-hydroxylation sites is 1. The number of anilines is 1. The number of carbonyl (C=O) groups is 1. The van der Waals surface area contributed by atoms with Gasteiger partial charge in [-0.1, -0.05) is 23.7 Å². The molecule has 0 aliphatic rings. The lowest BCUT2D eigenvalue weighted by molar-refractivity contribution is 0.102. The van der Waals surface area contributed by atoms with Crippen LogP contribution in [-0.4, -0.2) is 15.9 Å². The summed E-state index contributed by atoms with van der Waals surface area (Å²) < 4.78 is 0. The number of hydrogen-bond donors (Lipinski definition) is 2. The standard InChI is InChI=1S/C12H8ClN3OS/c13-8-3-1-2-7-6-9(15-10(7)8)11(17)16-12-14-4-5-18-12/h1-6,15H,(H,14,16,17). The molecule has 0 spiro atoms. The molecule has 0 saturated carbocycles. The molecule has 3 aromatic rings. The van der Waals surface area contributed by atoms with E-state index in [1.165, 1.54) is 11.3 Å². The Kier molecular flexibility index (Phi) is 2.77. The van der Waals surface area contributed by atoms with Crippen LogP contribution in [0.3, 0.4) is 0 Å². The van der Waals surface area contributed by atoms with Crippen LogP contribution in [0.4, 0.5) is 5.13 Å². The van der Waals surface area contributed by atoms with E-state index < -0.39 is 0 Å². The molecule has 4 nitrogen and oxygen atoms in total. The average molecular weight is 278 g/mol. The monoisotopic (exact) mass is 277 g/mol. The van der Waals surface area contributed by atoms with Crippen LogP contribution in [0.25, 0.3) is 10.9 Å². The van der Waals surface area contributed by atoms with Crippen LogP contribution < -0.4 is 5.32 Å². The summed E-state index contributed by atoms with van der Waals surface area (Å²) in [6, 6.07) is 7.30. The van der Waals surface area contributed by atoms with Gasteiger partial charge in [0, 0.05) is 17.0 Å². The van der Waals surface area contributed by atoms with E-state index >= 15 is 0 Å². The molecule has 0 aliphatic carbocycles. The summed E-state index contributed by atoms with van der Waals surface area (Å²) in [5.74, 6) is -0.225. The van der Waals surface area contributed by atoms with Gasteiger partial charge in [-0.05, 0) is 12.1 Å². The first kappa shape index (κ1) is 11.3. The third-order valence-electron chi connectivity index (χ3n) is 2.50. The van der Waals surface area contributed by atoms with Crippen molar-refractivity contribution in [2.24, 2.45) is 0 Å². The summed E-state index contributed by atoms with van der Waals surface area (Å²) in [4.78, 5) is 19.0. The Morgan fingerprint density at radius 2 is 2.33 bits per heavy atom. The molecule has 3 rings (SSSR count). The summed E-state index contributed by atoms with van der Waals surface area (Å²) in [5.41, 5.74) is 1.23. The number of thiazole rings is 1. The molecule has 2 heterocycles. The Hall–Kier alpha value is -1.85. The van der Waals surface area contributed by atoms with Crippen molar-refractivity contribution in [3.05, 3.63) is 46.6 Å². The van der Waals surface area contributed by atoms with Crippen molar-refractivity contribution in [3.8, 4) is 0 Å². The van der Waals surface area contributed by atoms with Crippen molar-refractivity contribution in [3.63, 3.8) is 0 Å². The highest BCUT2D eigenvalue weighted by Crippen LogP contribution is 2.23. The van der Waals surface area contributed by atoms with E-state index in [0.717, 1.165) is 10.9 Å². The molecule has 0 unspecified atom stereocenters. The lowest BCUT2D eigenvalue weighted by Crippen LogP contribution is -2.11. The number of halogens is 1. The Morgan fingerprint density at radius 1 is 1.44 bits per heavy atom. The minimum atomic E-state index is -0.225. The first-order chi connectivity index (χ1) is 8.74. The molecule has 0 aliphatic heterocycles. The summed E-state index contributed by atoms with van der Waals surface area (Å²) >= 11 is 7.42. The number of hydrogen-bond acceptors (Lipinski definition) is 3. The molecule has 1 aromatic carbocycles.